The molecule has 82 valence electrons. The van der Waals surface area contributed by atoms with E-state index < -0.39 is 0 Å². The SMILES string of the molecule is Cc1cc(Br)cnc1NC[C@@H]1CCCO1. The Bertz CT molecular complexity index is 337. The van der Waals surface area contributed by atoms with Crippen molar-refractivity contribution >= 4 is 21.7 Å². The summed E-state index contributed by atoms with van der Waals surface area (Å²) >= 11 is 3.40. The molecule has 1 N–H and O–H groups in total. The fourth-order valence-corrected chi connectivity index (χ4v) is 2.19. The average Bonchev–Trinajstić information content (AvgIpc) is 2.69. The van der Waals surface area contributed by atoms with Crippen LogP contribution in [0.4, 0.5) is 5.82 Å². The van der Waals surface area contributed by atoms with Gasteiger partial charge in [0.2, 0.25) is 0 Å². The molecule has 0 radical (unpaired) electrons. The number of rotatable bonds is 3. The standard InChI is InChI=1S/C11H15BrN2O/c1-8-5-9(12)6-13-11(8)14-7-10-3-2-4-15-10/h5-6,10H,2-4,7H2,1H3,(H,13,14)/t10-/m0/s1. The highest BCUT2D eigenvalue weighted by Gasteiger charge is 2.15. The molecule has 0 saturated carbocycles. The second-order valence-electron chi connectivity index (χ2n) is 3.83. The largest absolute Gasteiger partial charge is 0.376 e. The fourth-order valence-electron chi connectivity index (χ4n) is 1.74. The van der Waals surface area contributed by atoms with E-state index in [-0.39, 0.29) is 0 Å². The van der Waals surface area contributed by atoms with Crippen molar-refractivity contribution in [3.8, 4) is 0 Å². The Kier molecular flexibility index (Phi) is 3.59. The maximum absolute atomic E-state index is 5.54. The first kappa shape index (κ1) is 10.9. The molecule has 1 aliphatic heterocycles. The number of hydrogen-bond donors (Lipinski definition) is 1. The van der Waals surface area contributed by atoms with Gasteiger partial charge in [-0.15, -0.1) is 0 Å². The van der Waals surface area contributed by atoms with Crippen LogP contribution >= 0.6 is 15.9 Å². The minimum Gasteiger partial charge on any atom is -0.376 e. The maximum Gasteiger partial charge on any atom is 0.129 e. The van der Waals surface area contributed by atoms with Crippen molar-refractivity contribution in [3.05, 3.63) is 22.3 Å². The molecule has 0 spiro atoms. The number of aromatic nitrogens is 1. The van der Waals surface area contributed by atoms with Crippen LogP contribution in [0.2, 0.25) is 0 Å². The van der Waals surface area contributed by atoms with Crippen molar-refractivity contribution < 1.29 is 4.74 Å². The summed E-state index contributed by atoms with van der Waals surface area (Å²) in [6.07, 6.45) is 4.50. The Hall–Kier alpha value is -0.610. The molecule has 0 aromatic carbocycles. The van der Waals surface area contributed by atoms with Gasteiger partial charge in [0.05, 0.1) is 6.10 Å². The minimum atomic E-state index is 0.356. The molecule has 1 aromatic heterocycles. The molecular weight excluding hydrogens is 256 g/mol. The number of pyridine rings is 1. The highest BCUT2D eigenvalue weighted by Crippen LogP contribution is 2.18. The summed E-state index contributed by atoms with van der Waals surface area (Å²) in [4.78, 5) is 4.33. The maximum atomic E-state index is 5.54. The number of nitrogens with one attached hydrogen (secondary N) is 1. The number of hydrogen-bond acceptors (Lipinski definition) is 3. The van der Waals surface area contributed by atoms with E-state index in [1.807, 2.05) is 6.20 Å². The lowest BCUT2D eigenvalue weighted by molar-refractivity contribution is 0.120. The molecule has 0 aliphatic carbocycles. The Labute approximate surface area is 98.4 Å². The normalized spacial score (nSPS) is 20.5. The monoisotopic (exact) mass is 270 g/mol. The van der Waals surface area contributed by atoms with Crippen LogP contribution in [0.1, 0.15) is 18.4 Å². The van der Waals surface area contributed by atoms with Crippen molar-refractivity contribution in [1.29, 1.82) is 0 Å². The lowest BCUT2D eigenvalue weighted by atomic mass is 10.2. The Morgan fingerprint density at radius 2 is 2.53 bits per heavy atom. The van der Waals surface area contributed by atoms with Crippen LogP contribution in [0.25, 0.3) is 0 Å². The third kappa shape index (κ3) is 2.92. The molecule has 1 fully saturated rings. The van der Waals surface area contributed by atoms with Gasteiger partial charge < -0.3 is 10.1 Å². The van der Waals surface area contributed by atoms with Crippen LogP contribution < -0.4 is 5.32 Å². The molecule has 1 aliphatic rings. The highest BCUT2D eigenvalue weighted by atomic mass is 79.9. The molecule has 0 amide bonds. The van der Waals surface area contributed by atoms with Crippen molar-refractivity contribution in [1.82, 2.24) is 4.98 Å². The summed E-state index contributed by atoms with van der Waals surface area (Å²) in [7, 11) is 0. The third-order valence-corrected chi connectivity index (χ3v) is 3.00. The Morgan fingerprint density at radius 3 is 3.20 bits per heavy atom. The molecule has 1 atom stereocenters. The second kappa shape index (κ2) is 4.94. The summed E-state index contributed by atoms with van der Waals surface area (Å²) < 4.78 is 6.56. The molecule has 3 nitrogen and oxygen atoms in total. The van der Waals surface area contributed by atoms with Gasteiger partial charge in [-0.25, -0.2) is 4.98 Å². The number of ether oxygens (including phenoxy) is 1. The first-order valence-electron chi connectivity index (χ1n) is 5.23. The summed E-state index contributed by atoms with van der Waals surface area (Å²) in [6.45, 7) is 3.81. The number of nitrogens with zero attached hydrogens (tertiary/aromatic N) is 1. The van der Waals surface area contributed by atoms with Gasteiger partial charge in [-0.2, -0.15) is 0 Å². The van der Waals surface area contributed by atoms with Crippen molar-refractivity contribution in [2.75, 3.05) is 18.5 Å². The van der Waals surface area contributed by atoms with E-state index in [0.717, 1.165) is 35.4 Å². The van der Waals surface area contributed by atoms with E-state index >= 15 is 0 Å². The first-order valence-corrected chi connectivity index (χ1v) is 6.02. The zero-order valence-corrected chi connectivity index (χ0v) is 10.4. The summed E-state index contributed by atoms with van der Waals surface area (Å²) in [6, 6.07) is 2.06. The van der Waals surface area contributed by atoms with E-state index in [0.29, 0.717) is 6.10 Å². The zero-order valence-electron chi connectivity index (χ0n) is 8.79. The number of anilines is 1. The van der Waals surface area contributed by atoms with Gasteiger partial charge >= 0.3 is 0 Å². The quantitative estimate of drug-likeness (QED) is 0.917. The average molecular weight is 271 g/mol. The van der Waals surface area contributed by atoms with Gasteiger partial charge in [0.25, 0.3) is 0 Å². The van der Waals surface area contributed by atoms with E-state index in [4.69, 9.17) is 4.74 Å². The van der Waals surface area contributed by atoms with Gasteiger partial charge in [0.15, 0.2) is 0 Å². The highest BCUT2D eigenvalue weighted by molar-refractivity contribution is 9.10. The molecule has 2 heterocycles. The topological polar surface area (TPSA) is 34.2 Å². The Morgan fingerprint density at radius 1 is 1.67 bits per heavy atom. The van der Waals surface area contributed by atoms with Gasteiger partial charge in [0, 0.05) is 23.8 Å². The lowest BCUT2D eigenvalue weighted by Crippen LogP contribution is -2.19. The van der Waals surface area contributed by atoms with E-state index in [2.05, 4.69) is 39.2 Å². The number of halogens is 1. The van der Waals surface area contributed by atoms with Gasteiger partial charge in [-0.3, -0.25) is 0 Å². The van der Waals surface area contributed by atoms with E-state index in [1.54, 1.807) is 0 Å². The smallest absolute Gasteiger partial charge is 0.129 e. The van der Waals surface area contributed by atoms with Crippen LogP contribution in [0.15, 0.2) is 16.7 Å². The molecule has 4 heteroatoms. The van der Waals surface area contributed by atoms with Crippen molar-refractivity contribution in [2.45, 2.75) is 25.9 Å². The molecule has 0 bridgehead atoms. The lowest BCUT2D eigenvalue weighted by Gasteiger charge is -2.12. The van der Waals surface area contributed by atoms with Crippen LogP contribution in [0.5, 0.6) is 0 Å². The van der Waals surface area contributed by atoms with Crippen molar-refractivity contribution in [2.24, 2.45) is 0 Å². The summed E-state index contributed by atoms with van der Waals surface area (Å²) in [5.74, 6) is 0.953. The van der Waals surface area contributed by atoms with Crippen LogP contribution in [0, 0.1) is 6.92 Å². The van der Waals surface area contributed by atoms with Crippen molar-refractivity contribution in [3.63, 3.8) is 0 Å². The predicted molar refractivity (Wildman–Crippen MR) is 64.1 cm³/mol. The summed E-state index contributed by atoms with van der Waals surface area (Å²) in [5, 5.41) is 3.33. The van der Waals surface area contributed by atoms with Crippen LogP contribution in [-0.4, -0.2) is 24.2 Å². The third-order valence-electron chi connectivity index (χ3n) is 2.57. The van der Waals surface area contributed by atoms with E-state index in [1.165, 1.54) is 6.42 Å². The molecule has 1 saturated heterocycles. The molecule has 2 rings (SSSR count). The number of aryl methyl sites for hydroxylation is 1. The molecule has 15 heavy (non-hydrogen) atoms. The minimum absolute atomic E-state index is 0.356. The Balaban J connectivity index is 1.92. The van der Waals surface area contributed by atoms with Crippen LogP contribution in [0.3, 0.4) is 0 Å². The second-order valence-corrected chi connectivity index (χ2v) is 4.75. The zero-order chi connectivity index (χ0) is 10.7. The first-order chi connectivity index (χ1) is 7.25. The van der Waals surface area contributed by atoms with E-state index in [9.17, 15) is 0 Å². The van der Waals surface area contributed by atoms with Gasteiger partial charge in [0.1, 0.15) is 5.82 Å². The fraction of sp³-hybridized carbons (Fsp3) is 0.545. The predicted octanol–water partition coefficient (Wildman–Crippen LogP) is 2.74. The molecular formula is C11H15BrN2O. The van der Waals surface area contributed by atoms with Gasteiger partial charge in [-0.05, 0) is 47.3 Å². The molecule has 1 aromatic rings. The van der Waals surface area contributed by atoms with Gasteiger partial charge in [-0.1, -0.05) is 0 Å². The van der Waals surface area contributed by atoms with Crippen LogP contribution in [-0.2, 0) is 4.74 Å². The molecule has 0 unspecified atom stereocenters. The summed E-state index contributed by atoms with van der Waals surface area (Å²) in [5.41, 5.74) is 1.15.